The van der Waals surface area contributed by atoms with Crippen LogP contribution in [0.4, 0.5) is 0 Å². The molecule has 0 saturated carbocycles. The number of nitrogens with zero attached hydrogens (tertiary/aromatic N) is 2. The third-order valence-corrected chi connectivity index (χ3v) is 5.87. The summed E-state index contributed by atoms with van der Waals surface area (Å²) in [7, 11) is 0. The summed E-state index contributed by atoms with van der Waals surface area (Å²) in [5.74, 6) is -0.00153. The standard InChI is InChI=1S/C13H16N2OS3/c1-5-7-15-11(16)10(19-13(15)17)12-14(6-2)8(3)9(4)18-12/h5H,1,6-7H2,2-4H3/b12-10-. The van der Waals surface area contributed by atoms with Gasteiger partial charge in [-0.25, -0.2) is 0 Å². The number of amides is 1. The van der Waals surface area contributed by atoms with E-state index in [1.807, 2.05) is 0 Å². The van der Waals surface area contributed by atoms with Crippen LogP contribution in [0.5, 0.6) is 0 Å². The van der Waals surface area contributed by atoms with Gasteiger partial charge in [-0.1, -0.05) is 41.8 Å². The molecule has 0 aromatic carbocycles. The molecule has 0 aromatic heterocycles. The summed E-state index contributed by atoms with van der Waals surface area (Å²) in [6, 6.07) is 0. The van der Waals surface area contributed by atoms with Crippen LogP contribution in [-0.4, -0.2) is 33.1 Å². The summed E-state index contributed by atoms with van der Waals surface area (Å²) in [5, 5.41) is 1.02. The zero-order chi connectivity index (χ0) is 14.2. The summed E-state index contributed by atoms with van der Waals surface area (Å²) in [6.45, 7) is 11.3. The van der Waals surface area contributed by atoms with E-state index in [4.69, 9.17) is 12.2 Å². The van der Waals surface area contributed by atoms with E-state index in [2.05, 4.69) is 32.3 Å². The van der Waals surface area contributed by atoms with Crippen molar-refractivity contribution in [2.24, 2.45) is 0 Å². The smallest absolute Gasteiger partial charge is 0.269 e. The van der Waals surface area contributed by atoms with E-state index in [-0.39, 0.29) is 5.91 Å². The second-order valence-electron chi connectivity index (χ2n) is 4.19. The third-order valence-electron chi connectivity index (χ3n) is 3.08. The van der Waals surface area contributed by atoms with Gasteiger partial charge in [0.15, 0.2) is 0 Å². The molecule has 1 amide bonds. The van der Waals surface area contributed by atoms with Gasteiger partial charge in [-0.15, -0.1) is 6.58 Å². The van der Waals surface area contributed by atoms with Crippen LogP contribution in [0.2, 0.25) is 0 Å². The van der Waals surface area contributed by atoms with E-state index in [0.29, 0.717) is 10.9 Å². The lowest BCUT2D eigenvalue weighted by atomic mass is 10.3. The molecule has 2 aliphatic heterocycles. The Morgan fingerprint density at radius 2 is 2.00 bits per heavy atom. The monoisotopic (exact) mass is 312 g/mol. The minimum absolute atomic E-state index is 0.00153. The molecule has 0 aliphatic carbocycles. The summed E-state index contributed by atoms with van der Waals surface area (Å²) in [6.07, 6.45) is 1.70. The van der Waals surface area contributed by atoms with Crippen LogP contribution in [0.15, 0.2) is 33.2 Å². The van der Waals surface area contributed by atoms with E-state index in [0.717, 1.165) is 16.5 Å². The first kappa shape index (κ1) is 14.7. The number of thiocarbonyl (C=S) groups is 1. The molecule has 0 N–H and O–H groups in total. The van der Waals surface area contributed by atoms with Crippen molar-refractivity contribution in [2.75, 3.05) is 13.1 Å². The van der Waals surface area contributed by atoms with Gasteiger partial charge in [-0.05, 0) is 20.8 Å². The predicted octanol–water partition coefficient (Wildman–Crippen LogP) is 3.52. The van der Waals surface area contributed by atoms with Gasteiger partial charge in [0, 0.05) is 23.7 Å². The second kappa shape index (κ2) is 5.73. The molecule has 3 nitrogen and oxygen atoms in total. The molecule has 1 saturated heterocycles. The molecule has 0 unspecified atom stereocenters. The van der Waals surface area contributed by atoms with Crippen LogP contribution < -0.4 is 0 Å². The zero-order valence-corrected chi connectivity index (χ0v) is 13.7. The maximum Gasteiger partial charge on any atom is 0.269 e. The van der Waals surface area contributed by atoms with E-state index >= 15 is 0 Å². The maximum atomic E-state index is 12.4. The van der Waals surface area contributed by atoms with Gasteiger partial charge in [0.1, 0.15) is 9.23 Å². The fourth-order valence-corrected chi connectivity index (χ4v) is 4.58. The van der Waals surface area contributed by atoms with Crippen molar-refractivity contribution in [1.82, 2.24) is 9.80 Å². The van der Waals surface area contributed by atoms with Gasteiger partial charge < -0.3 is 4.90 Å². The van der Waals surface area contributed by atoms with E-state index in [1.165, 1.54) is 22.4 Å². The molecular weight excluding hydrogens is 296 g/mol. The van der Waals surface area contributed by atoms with Crippen LogP contribution in [-0.2, 0) is 4.79 Å². The average Bonchev–Trinajstić information content (AvgIpc) is 2.81. The van der Waals surface area contributed by atoms with Gasteiger partial charge in [0.05, 0.1) is 5.03 Å². The topological polar surface area (TPSA) is 23.6 Å². The molecule has 2 aliphatic rings. The average molecular weight is 312 g/mol. The molecule has 102 valence electrons. The lowest BCUT2D eigenvalue weighted by molar-refractivity contribution is -0.121. The first-order valence-electron chi connectivity index (χ1n) is 6.03. The molecule has 0 spiro atoms. The van der Waals surface area contributed by atoms with E-state index < -0.39 is 0 Å². The SMILES string of the molecule is C=CCN1C(=O)/C(=C2/SC(C)=C(C)N2CC)SC1=S. The van der Waals surface area contributed by atoms with E-state index in [1.54, 1.807) is 22.7 Å². The van der Waals surface area contributed by atoms with Crippen molar-refractivity contribution in [3.05, 3.63) is 33.2 Å². The molecule has 0 atom stereocenters. The Morgan fingerprint density at radius 3 is 2.58 bits per heavy atom. The van der Waals surface area contributed by atoms with Crippen molar-refractivity contribution in [3.8, 4) is 0 Å². The van der Waals surface area contributed by atoms with Gasteiger partial charge >= 0.3 is 0 Å². The number of thioether (sulfide) groups is 2. The number of hydrogen-bond donors (Lipinski definition) is 0. The number of allylic oxidation sites excluding steroid dienone is 2. The van der Waals surface area contributed by atoms with Gasteiger partial charge in [-0.3, -0.25) is 9.69 Å². The van der Waals surface area contributed by atoms with Crippen LogP contribution in [0, 0.1) is 0 Å². The molecule has 1 fully saturated rings. The third kappa shape index (κ3) is 2.49. The molecule has 6 heteroatoms. The van der Waals surface area contributed by atoms with Crippen molar-refractivity contribution < 1.29 is 4.79 Å². The summed E-state index contributed by atoms with van der Waals surface area (Å²) in [5.41, 5.74) is 1.22. The normalized spacial score (nSPS) is 23.9. The Hall–Kier alpha value is -0.720. The molecule has 0 aromatic rings. The highest BCUT2D eigenvalue weighted by molar-refractivity contribution is 8.27. The van der Waals surface area contributed by atoms with Gasteiger partial charge in [0.25, 0.3) is 5.91 Å². The lowest BCUT2D eigenvalue weighted by Gasteiger charge is -2.20. The van der Waals surface area contributed by atoms with Crippen LogP contribution >= 0.6 is 35.7 Å². The predicted molar refractivity (Wildman–Crippen MR) is 87.5 cm³/mol. The highest BCUT2D eigenvalue weighted by Gasteiger charge is 2.37. The minimum atomic E-state index is -0.00153. The van der Waals surface area contributed by atoms with Crippen molar-refractivity contribution in [2.45, 2.75) is 20.8 Å². The first-order valence-corrected chi connectivity index (χ1v) is 8.07. The van der Waals surface area contributed by atoms with Crippen molar-refractivity contribution in [1.29, 1.82) is 0 Å². The zero-order valence-electron chi connectivity index (χ0n) is 11.2. The van der Waals surface area contributed by atoms with Crippen LogP contribution in [0.3, 0.4) is 0 Å². The van der Waals surface area contributed by atoms with Gasteiger partial charge in [-0.2, -0.15) is 0 Å². The number of hydrogen-bond acceptors (Lipinski definition) is 5. The van der Waals surface area contributed by atoms with Crippen molar-refractivity contribution >= 4 is 46.0 Å². The Morgan fingerprint density at radius 1 is 1.32 bits per heavy atom. The summed E-state index contributed by atoms with van der Waals surface area (Å²) >= 11 is 8.33. The lowest BCUT2D eigenvalue weighted by Crippen LogP contribution is -2.28. The number of carbonyl (C=O) groups excluding carboxylic acids is 1. The molecule has 2 heterocycles. The molecule has 0 radical (unpaired) electrons. The number of carbonyl (C=O) groups is 1. The quantitative estimate of drug-likeness (QED) is 0.451. The maximum absolute atomic E-state index is 12.4. The van der Waals surface area contributed by atoms with Gasteiger partial charge in [0.2, 0.25) is 0 Å². The van der Waals surface area contributed by atoms with E-state index in [9.17, 15) is 4.79 Å². The first-order chi connectivity index (χ1) is 9.01. The van der Waals surface area contributed by atoms with Crippen LogP contribution in [0.25, 0.3) is 0 Å². The highest BCUT2D eigenvalue weighted by atomic mass is 32.2. The van der Waals surface area contributed by atoms with Crippen LogP contribution in [0.1, 0.15) is 20.8 Å². The minimum Gasteiger partial charge on any atom is -0.338 e. The highest BCUT2D eigenvalue weighted by Crippen LogP contribution is 2.47. The summed E-state index contributed by atoms with van der Waals surface area (Å²) < 4.78 is 0.617. The molecular formula is C13H16N2OS3. The second-order valence-corrected chi connectivity index (χ2v) is 7.04. The summed E-state index contributed by atoms with van der Waals surface area (Å²) in [4.78, 5) is 18.2. The number of rotatable bonds is 3. The fourth-order valence-electron chi connectivity index (χ4n) is 1.98. The Balaban J connectivity index is 2.37. The molecule has 2 rings (SSSR count). The Labute approximate surface area is 127 Å². The Kier molecular flexibility index (Phi) is 4.43. The molecule has 0 bridgehead atoms. The molecule has 19 heavy (non-hydrogen) atoms. The Bertz CT molecular complexity index is 522. The van der Waals surface area contributed by atoms with Crippen molar-refractivity contribution in [3.63, 3.8) is 0 Å². The fraction of sp³-hybridized carbons (Fsp3) is 0.385. The largest absolute Gasteiger partial charge is 0.338 e.